The molecule has 1 aliphatic rings. The Hall–Kier alpha value is -3.58. The van der Waals surface area contributed by atoms with Crippen molar-refractivity contribution >= 4 is 27.5 Å². The van der Waals surface area contributed by atoms with E-state index in [0.717, 1.165) is 25.5 Å². The molecule has 0 N–H and O–H groups in total. The van der Waals surface area contributed by atoms with E-state index in [1.54, 1.807) is 0 Å². The quantitative estimate of drug-likeness (QED) is 0.245. The lowest BCUT2D eigenvalue weighted by atomic mass is 10.0. The van der Waals surface area contributed by atoms with Gasteiger partial charge >= 0.3 is 12.4 Å². The first-order valence-corrected chi connectivity index (χ1v) is 13.6. The van der Waals surface area contributed by atoms with Crippen molar-refractivity contribution in [2.24, 2.45) is 0 Å². The van der Waals surface area contributed by atoms with Crippen molar-refractivity contribution in [1.29, 1.82) is 0 Å². The Labute approximate surface area is 226 Å². The highest BCUT2D eigenvalue weighted by Gasteiger charge is 2.37. The number of halogens is 6. The Morgan fingerprint density at radius 2 is 1.45 bits per heavy atom. The van der Waals surface area contributed by atoms with Crippen molar-refractivity contribution in [3.8, 4) is 11.4 Å². The summed E-state index contributed by atoms with van der Waals surface area (Å²) < 4.78 is 107. The average molecular weight is 584 g/mol. The van der Waals surface area contributed by atoms with E-state index in [4.69, 9.17) is 0 Å². The van der Waals surface area contributed by atoms with Crippen molar-refractivity contribution in [2.75, 3.05) is 13.1 Å². The Morgan fingerprint density at radius 3 is 1.98 bits per heavy atom. The summed E-state index contributed by atoms with van der Waals surface area (Å²) in [5.74, 6) is -0.832. The minimum Gasteiger partial charge on any atom is -0.294 e. The molecule has 1 aromatic heterocycles. The normalized spacial score (nSPS) is 15.7. The van der Waals surface area contributed by atoms with Gasteiger partial charge in [-0.25, -0.2) is 18.4 Å². The van der Waals surface area contributed by atoms with Crippen molar-refractivity contribution in [3.05, 3.63) is 77.1 Å². The molecule has 40 heavy (non-hydrogen) atoms. The van der Waals surface area contributed by atoms with Crippen LogP contribution < -0.4 is 0 Å². The molecule has 2 aromatic carbocycles. The Bertz CT molecular complexity index is 1510. The molecule has 0 spiro atoms. The second-order valence-electron chi connectivity index (χ2n) is 9.20. The molecule has 4 rings (SSSR count). The van der Waals surface area contributed by atoms with E-state index in [0.29, 0.717) is 30.8 Å². The molecule has 0 amide bonds. The number of aromatic nitrogens is 2. The largest absolute Gasteiger partial charge is 0.416 e. The minimum atomic E-state index is -5.04. The summed E-state index contributed by atoms with van der Waals surface area (Å²) in [5, 5.41) is 0. The second kappa shape index (κ2) is 11.1. The molecule has 13 heteroatoms. The van der Waals surface area contributed by atoms with Gasteiger partial charge in [-0.1, -0.05) is 18.6 Å². The number of sulfonamides is 1. The van der Waals surface area contributed by atoms with Gasteiger partial charge in [0.2, 0.25) is 10.0 Å². The van der Waals surface area contributed by atoms with Crippen molar-refractivity contribution in [2.45, 2.75) is 43.4 Å². The van der Waals surface area contributed by atoms with E-state index in [1.165, 1.54) is 47.6 Å². The number of rotatable bonds is 6. The molecule has 3 aromatic rings. The maximum Gasteiger partial charge on any atom is 0.416 e. The van der Waals surface area contributed by atoms with Crippen LogP contribution in [0.4, 0.5) is 26.3 Å². The van der Waals surface area contributed by atoms with Crippen LogP contribution in [0.1, 0.15) is 48.6 Å². The van der Waals surface area contributed by atoms with Crippen LogP contribution in [0.3, 0.4) is 0 Å². The highest BCUT2D eigenvalue weighted by molar-refractivity contribution is 7.89. The zero-order valence-corrected chi connectivity index (χ0v) is 21.9. The maximum atomic E-state index is 13.3. The SMILES string of the molecule is CC(=O)/C(=C/c1ccnc(-c2cc(C(F)(F)F)cc(C(F)(F)F)c2)n1)c1ccc(S(=O)(=O)N2CCCCC2)cc1. The lowest BCUT2D eigenvalue weighted by Crippen LogP contribution is -2.35. The predicted molar refractivity (Wildman–Crippen MR) is 135 cm³/mol. The summed E-state index contributed by atoms with van der Waals surface area (Å²) in [6.07, 6.45) is -5.12. The summed E-state index contributed by atoms with van der Waals surface area (Å²) in [4.78, 5) is 20.4. The number of nitrogens with zero attached hydrogens (tertiary/aromatic N) is 3. The Kier molecular flexibility index (Phi) is 8.18. The molecular weight excluding hydrogens is 560 g/mol. The van der Waals surface area contributed by atoms with Crippen LogP contribution >= 0.6 is 0 Å². The number of allylic oxidation sites excluding steroid dienone is 1. The first-order chi connectivity index (χ1) is 18.7. The third kappa shape index (κ3) is 6.58. The molecule has 0 unspecified atom stereocenters. The second-order valence-corrected chi connectivity index (χ2v) is 11.1. The average Bonchev–Trinajstić information content (AvgIpc) is 2.91. The third-order valence-electron chi connectivity index (χ3n) is 6.31. The molecule has 1 saturated heterocycles. The number of carbonyl (C=O) groups is 1. The molecule has 0 aliphatic carbocycles. The molecule has 212 valence electrons. The van der Waals surface area contributed by atoms with Crippen LogP contribution in [0, 0.1) is 0 Å². The van der Waals surface area contributed by atoms with Gasteiger partial charge in [-0.15, -0.1) is 0 Å². The number of ketones is 1. The van der Waals surface area contributed by atoms with Gasteiger partial charge in [0.1, 0.15) is 0 Å². The summed E-state index contributed by atoms with van der Waals surface area (Å²) in [6, 6.07) is 8.04. The van der Waals surface area contributed by atoms with E-state index < -0.39 is 50.7 Å². The summed E-state index contributed by atoms with van der Waals surface area (Å²) >= 11 is 0. The maximum absolute atomic E-state index is 13.3. The predicted octanol–water partition coefficient (Wildman–Crippen LogP) is 6.49. The topological polar surface area (TPSA) is 80.2 Å². The van der Waals surface area contributed by atoms with Crippen LogP contribution in [0.25, 0.3) is 23.0 Å². The molecule has 0 atom stereocenters. The van der Waals surface area contributed by atoms with Crippen LogP contribution in [0.15, 0.2) is 59.6 Å². The summed E-state index contributed by atoms with van der Waals surface area (Å²) in [5.41, 5.74) is -3.02. The van der Waals surface area contributed by atoms with Crippen LogP contribution in [-0.4, -0.2) is 41.6 Å². The fourth-order valence-electron chi connectivity index (χ4n) is 4.27. The lowest BCUT2D eigenvalue weighted by Gasteiger charge is -2.25. The van der Waals surface area contributed by atoms with Crippen LogP contribution in [0.2, 0.25) is 0 Å². The zero-order chi connectivity index (χ0) is 29.3. The fourth-order valence-corrected chi connectivity index (χ4v) is 5.79. The number of Topliss-reactive ketones (excluding diaryl/α,β-unsaturated/α-hetero) is 1. The zero-order valence-electron chi connectivity index (χ0n) is 21.1. The highest BCUT2D eigenvalue weighted by Crippen LogP contribution is 2.38. The van der Waals surface area contributed by atoms with Crippen molar-refractivity contribution in [1.82, 2.24) is 14.3 Å². The molecule has 1 fully saturated rings. The number of benzene rings is 2. The first-order valence-electron chi connectivity index (χ1n) is 12.1. The summed E-state index contributed by atoms with van der Waals surface area (Å²) in [6.45, 7) is 2.11. The lowest BCUT2D eigenvalue weighted by molar-refractivity contribution is -0.143. The number of hydrogen-bond donors (Lipinski definition) is 0. The van der Waals surface area contributed by atoms with E-state index in [-0.39, 0.29) is 22.2 Å². The minimum absolute atomic E-state index is 0.0102. The van der Waals surface area contributed by atoms with Crippen molar-refractivity contribution in [3.63, 3.8) is 0 Å². The molecule has 1 aliphatic heterocycles. The van der Waals surface area contributed by atoms with E-state index in [2.05, 4.69) is 9.97 Å². The van der Waals surface area contributed by atoms with Gasteiger partial charge in [-0.05, 0) is 67.8 Å². The summed E-state index contributed by atoms with van der Waals surface area (Å²) in [7, 11) is -3.70. The van der Waals surface area contributed by atoms with Gasteiger partial charge in [0, 0.05) is 30.4 Å². The van der Waals surface area contributed by atoms with E-state index >= 15 is 0 Å². The van der Waals surface area contributed by atoms with Gasteiger partial charge in [0.05, 0.1) is 21.7 Å². The number of carbonyl (C=O) groups excluding carboxylic acids is 1. The van der Waals surface area contributed by atoms with Crippen molar-refractivity contribution < 1.29 is 39.6 Å². The number of hydrogen-bond acceptors (Lipinski definition) is 5. The molecule has 0 saturated carbocycles. The highest BCUT2D eigenvalue weighted by atomic mass is 32.2. The van der Waals surface area contributed by atoms with Crippen LogP contribution in [-0.2, 0) is 27.2 Å². The molecule has 0 bridgehead atoms. The van der Waals surface area contributed by atoms with E-state index in [9.17, 15) is 39.6 Å². The number of piperidine rings is 1. The standard InChI is InChI=1S/C27H23F6N3O3S/c1-17(37)24(18-5-7-23(8-6-18)40(38,39)36-11-3-2-4-12-36)16-22-9-10-34-25(35-22)19-13-20(26(28,29)30)15-21(14-19)27(31,32)33/h5-10,13-16H,2-4,11-12H2,1H3/b24-16-. The smallest absolute Gasteiger partial charge is 0.294 e. The molecule has 6 nitrogen and oxygen atoms in total. The fraction of sp³-hybridized carbons (Fsp3) is 0.296. The third-order valence-corrected chi connectivity index (χ3v) is 8.23. The van der Waals surface area contributed by atoms with E-state index in [1.807, 2.05) is 0 Å². The van der Waals surface area contributed by atoms with Gasteiger partial charge in [-0.3, -0.25) is 4.79 Å². The van der Waals surface area contributed by atoms with Gasteiger partial charge < -0.3 is 0 Å². The monoisotopic (exact) mass is 583 g/mol. The molecular formula is C27H23F6N3O3S. The molecule has 2 heterocycles. The van der Waals surface area contributed by atoms with Gasteiger partial charge in [-0.2, -0.15) is 30.6 Å². The van der Waals surface area contributed by atoms with Gasteiger partial charge in [0.25, 0.3) is 0 Å². The number of alkyl halides is 6. The Balaban J connectivity index is 1.70. The molecule has 0 radical (unpaired) electrons. The van der Waals surface area contributed by atoms with Gasteiger partial charge in [0.15, 0.2) is 11.6 Å². The Morgan fingerprint density at radius 1 is 0.875 bits per heavy atom. The first kappa shape index (κ1) is 29.4. The van der Waals surface area contributed by atoms with Crippen LogP contribution in [0.5, 0.6) is 0 Å².